The molecule has 258 valence electrons. The minimum atomic E-state index is 0.0747. The molecule has 0 unspecified atom stereocenters. The Labute approximate surface area is 306 Å². The van der Waals surface area contributed by atoms with E-state index in [1.807, 2.05) is 6.20 Å². The van der Waals surface area contributed by atoms with Crippen molar-refractivity contribution in [3.63, 3.8) is 0 Å². The van der Waals surface area contributed by atoms with Crippen molar-refractivity contribution in [2.24, 2.45) is 0 Å². The first-order valence-corrected chi connectivity index (χ1v) is 19.2. The zero-order valence-corrected chi connectivity index (χ0v) is 32.3. The van der Waals surface area contributed by atoms with Crippen molar-refractivity contribution in [2.45, 2.75) is 117 Å². The maximum Gasteiger partial charge on any atom is 0.254 e. The summed E-state index contributed by atoms with van der Waals surface area (Å²) >= 11 is 0. The molecule has 9 rings (SSSR count). The number of hydrogen-bond acceptors (Lipinski definition) is 3. The molecule has 0 saturated carbocycles. The average Bonchev–Trinajstić information content (AvgIpc) is 3.09. The molecule has 0 bridgehead atoms. The van der Waals surface area contributed by atoms with Crippen LogP contribution in [0.2, 0.25) is 0 Å². The summed E-state index contributed by atoms with van der Waals surface area (Å²) < 4.78 is 0. The number of hydrogen-bond donors (Lipinski definition) is 0. The molecular weight excluding hydrogens is 617 g/mol. The van der Waals surface area contributed by atoms with Crippen LogP contribution in [0.4, 0.5) is 34.3 Å². The van der Waals surface area contributed by atoms with Gasteiger partial charge in [0.05, 0.1) is 0 Å². The molecule has 0 amide bonds. The van der Waals surface area contributed by atoms with E-state index in [1.54, 1.807) is 0 Å². The van der Waals surface area contributed by atoms with Crippen molar-refractivity contribution in [1.82, 2.24) is 4.98 Å². The van der Waals surface area contributed by atoms with Gasteiger partial charge >= 0.3 is 0 Å². The summed E-state index contributed by atoms with van der Waals surface area (Å²) in [6, 6.07) is 30.9. The molecule has 0 N–H and O–H groups in total. The number of anilines is 6. The van der Waals surface area contributed by atoms with E-state index in [9.17, 15) is 0 Å². The molecule has 5 aromatic rings. The maximum absolute atomic E-state index is 5.27. The van der Waals surface area contributed by atoms with Gasteiger partial charge in [0.2, 0.25) is 0 Å². The largest absolute Gasteiger partial charge is 0.311 e. The van der Waals surface area contributed by atoms with Crippen molar-refractivity contribution in [2.75, 3.05) is 9.80 Å². The van der Waals surface area contributed by atoms with Gasteiger partial charge in [0.25, 0.3) is 6.71 Å². The highest BCUT2D eigenvalue weighted by atomic mass is 15.2. The van der Waals surface area contributed by atoms with Crippen LogP contribution in [0.15, 0.2) is 85.1 Å². The van der Waals surface area contributed by atoms with E-state index in [0.29, 0.717) is 0 Å². The summed E-state index contributed by atoms with van der Waals surface area (Å²) in [7, 11) is 0. The maximum atomic E-state index is 5.27. The number of nitrogens with zero attached hydrogens (tertiary/aromatic N) is 3. The van der Waals surface area contributed by atoms with Gasteiger partial charge in [-0.15, -0.1) is 0 Å². The van der Waals surface area contributed by atoms with Gasteiger partial charge < -0.3 is 4.90 Å². The lowest BCUT2D eigenvalue weighted by Crippen LogP contribution is -2.62. The Hall–Kier alpha value is -4.31. The topological polar surface area (TPSA) is 19.4 Å². The van der Waals surface area contributed by atoms with E-state index in [1.165, 1.54) is 98.2 Å². The zero-order chi connectivity index (χ0) is 35.8. The van der Waals surface area contributed by atoms with E-state index in [0.717, 1.165) is 11.5 Å². The third-order valence-electron chi connectivity index (χ3n) is 13.4. The molecule has 2 aliphatic heterocycles. The van der Waals surface area contributed by atoms with Crippen molar-refractivity contribution in [3.8, 4) is 0 Å². The molecular formula is C47H52BN3. The molecule has 4 aromatic carbocycles. The first-order chi connectivity index (χ1) is 24.1. The van der Waals surface area contributed by atoms with Crippen LogP contribution in [0.3, 0.4) is 0 Å². The average molecular weight is 670 g/mol. The van der Waals surface area contributed by atoms with E-state index in [-0.39, 0.29) is 28.4 Å². The number of fused-ring (bicyclic) bond motifs is 6. The highest BCUT2D eigenvalue weighted by molar-refractivity contribution is 7.00. The Balaban J connectivity index is 1.38. The van der Waals surface area contributed by atoms with E-state index in [4.69, 9.17) is 4.98 Å². The Kier molecular flexibility index (Phi) is 6.79. The SMILES string of the molecule is Cc1ccc(N2c3ccc(C)cc3B3c4cc5c(cc4N(c4ccc6c(c4)C(C)(C)CCC6(C)C)c4ccnc2c43)C(C)(C)CCC5(C)C)cc1. The van der Waals surface area contributed by atoms with Gasteiger partial charge in [-0.3, -0.25) is 4.90 Å². The first-order valence-electron chi connectivity index (χ1n) is 19.2. The lowest BCUT2D eigenvalue weighted by Gasteiger charge is -2.47. The third-order valence-corrected chi connectivity index (χ3v) is 13.4. The zero-order valence-electron chi connectivity index (χ0n) is 32.3. The first kappa shape index (κ1) is 32.6. The second kappa shape index (κ2) is 10.6. The molecule has 51 heavy (non-hydrogen) atoms. The summed E-state index contributed by atoms with van der Waals surface area (Å²) in [6.07, 6.45) is 6.83. The van der Waals surface area contributed by atoms with Crippen LogP contribution in [0.1, 0.15) is 114 Å². The van der Waals surface area contributed by atoms with Crippen LogP contribution in [0.25, 0.3) is 0 Å². The fourth-order valence-corrected chi connectivity index (χ4v) is 9.93. The van der Waals surface area contributed by atoms with Crippen LogP contribution >= 0.6 is 0 Å². The Morgan fingerprint density at radius 1 is 0.490 bits per heavy atom. The van der Waals surface area contributed by atoms with Crippen molar-refractivity contribution in [3.05, 3.63) is 118 Å². The van der Waals surface area contributed by atoms with Crippen LogP contribution < -0.4 is 26.2 Å². The fourth-order valence-electron chi connectivity index (χ4n) is 9.93. The van der Waals surface area contributed by atoms with Gasteiger partial charge in [0, 0.05) is 34.6 Å². The van der Waals surface area contributed by atoms with Crippen LogP contribution in [0.5, 0.6) is 0 Å². The molecule has 0 radical (unpaired) electrons. The van der Waals surface area contributed by atoms with Gasteiger partial charge in [-0.1, -0.05) is 103 Å². The monoisotopic (exact) mass is 669 g/mol. The smallest absolute Gasteiger partial charge is 0.254 e. The van der Waals surface area contributed by atoms with E-state index in [2.05, 4.69) is 158 Å². The minimum Gasteiger partial charge on any atom is -0.311 e. The minimum absolute atomic E-state index is 0.0747. The fraction of sp³-hybridized carbons (Fsp3) is 0.383. The van der Waals surface area contributed by atoms with Crippen LogP contribution in [0, 0.1) is 13.8 Å². The van der Waals surface area contributed by atoms with Crippen LogP contribution in [-0.4, -0.2) is 11.7 Å². The lowest BCUT2D eigenvalue weighted by atomic mass is 9.33. The molecule has 3 nitrogen and oxygen atoms in total. The summed E-state index contributed by atoms with van der Waals surface area (Å²) in [6.45, 7) is 24.0. The molecule has 4 heteroatoms. The highest BCUT2D eigenvalue weighted by Crippen LogP contribution is 2.52. The standard InChI is InChI=1S/C47H52BN3/c1-29-11-14-31(15-12-29)51-39-18-13-30(2)25-37(39)48-38-27-35-36(47(9,10)23-22-46(35,7)8)28-41(38)50(40-19-24-49-43(51)42(40)48)32-16-17-33-34(26-32)45(5,6)21-20-44(33,3)4/h11-19,24-28H,20-23H2,1-10H3. The Morgan fingerprint density at radius 2 is 1.04 bits per heavy atom. The number of pyridine rings is 1. The predicted octanol–water partition coefficient (Wildman–Crippen LogP) is 10.5. The van der Waals surface area contributed by atoms with E-state index >= 15 is 0 Å². The van der Waals surface area contributed by atoms with E-state index < -0.39 is 0 Å². The number of aromatic nitrogens is 1. The molecule has 0 spiro atoms. The Bertz CT molecular complexity index is 2260. The molecule has 0 fully saturated rings. The van der Waals surface area contributed by atoms with Gasteiger partial charge in [-0.25, -0.2) is 4.98 Å². The molecule has 4 aliphatic rings. The van der Waals surface area contributed by atoms with Gasteiger partial charge in [0.1, 0.15) is 5.82 Å². The summed E-state index contributed by atoms with van der Waals surface area (Å²) in [5.74, 6) is 1.03. The number of benzene rings is 4. The molecule has 1 aromatic heterocycles. The molecule has 2 aliphatic carbocycles. The second-order valence-corrected chi connectivity index (χ2v) is 18.8. The summed E-state index contributed by atoms with van der Waals surface area (Å²) in [5, 5.41) is 0. The number of rotatable bonds is 2. The van der Waals surface area contributed by atoms with Gasteiger partial charge in [-0.2, -0.15) is 0 Å². The van der Waals surface area contributed by atoms with Gasteiger partial charge in [-0.05, 0) is 142 Å². The second-order valence-electron chi connectivity index (χ2n) is 18.8. The van der Waals surface area contributed by atoms with Crippen molar-refractivity contribution in [1.29, 1.82) is 0 Å². The number of aryl methyl sites for hydroxylation is 2. The predicted molar refractivity (Wildman–Crippen MR) is 218 cm³/mol. The molecule has 0 saturated heterocycles. The van der Waals surface area contributed by atoms with Gasteiger partial charge in [0.15, 0.2) is 0 Å². The van der Waals surface area contributed by atoms with Crippen LogP contribution in [-0.2, 0) is 21.7 Å². The normalized spacial score (nSPS) is 19.8. The summed E-state index contributed by atoms with van der Waals surface area (Å²) in [4.78, 5) is 10.3. The lowest BCUT2D eigenvalue weighted by molar-refractivity contribution is 0.332. The third kappa shape index (κ3) is 4.74. The summed E-state index contributed by atoms with van der Waals surface area (Å²) in [5.41, 5.74) is 19.2. The Morgan fingerprint density at radius 3 is 1.71 bits per heavy atom. The molecule has 3 heterocycles. The quantitative estimate of drug-likeness (QED) is 0.171. The molecule has 0 atom stereocenters. The highest BCUT2D eigenvalue weighted by Gasteiger charge is 2.47. The van der Waals surface area contributed by atoms with Crippen molar-refractivity contribution >= 4 is 57.4 Å². The van der Waals surface area contributed by atoms with Crippen molar-refractivity contribution < 1.29 is 0 Å².